The number of carbonyl (C=O) groups is 1. The van der Waals surface area contributed by atoms with Crippen LogP contribution in [0.1, 0.15) is 15.9 Å². The Bertz CT molecular complexity index is 587. The molecule has 0 bridgehead atoms. The second kappa shape index (κ2) is 3.94. The Morgan fingerprint density at radius 3 is 2.50 bits per heavy atom. The SMILES string of the molecule is NC(=O)c1c(CS(=O)(=O)O)cc(=O)[nH]c1O. The summed E-state index contributed by atoms with van der Waals surface area (Å²) in [5, 5.41) is 9.21. The lowest BCUT2D eigenvalue weighted by atomic mass is 10.1. The highest BCUT2D eigenvalue weighted by atomic mass is 32.2. The first-order chi connectivity index (χ1) is 7.20. The lowest BCUT2D eigenvalue weighted by molar-refractivity contribution is 0.0996. The Morgan fingerprint density at radius 2 is 2.06 bits per heavy atom. The molecule has 0 aromatic carbocycles. The summed E-state index contributed by atoms with van der Waals surface area (Å²) in [5.74, 6) is -2.94. The summed E-state index contributed by atoms with van der Waals surface area (Å²) < 4.78 is 29.8. The molecule has 1 amide bonds. The number of primary amides is 1. The first kappa shape index (κ1) is 12.2. The lowest BCUT2D eigenvalue weighted by Gasteiger charge is -2.05. The number of nitrogens with two attached hydrogens (primary N) is 1. The van der Waals surface area contributed by atoms with Crippen LogP contribution in [0.4, 0.5) is 0 Å². The molecule has 1 rings (SSSR count). The van der Waals surface area contributed by atoms with Crippen molar-refractivity contribution in [3.05, 3.63) is 27.5 Å². The number of amides is 1. The quantitative estimate of drug-likeness (QED) is 0.481. The van der Waals surface area contributed by atoms with Crippen LogP contribution in [0.5, 0.6) is 5.88 Å². The first-order valence-corrected chi connectivity index (χ1v) is 5.52. The number of hydrogen-bond acceptors (Lipinski definition) is 5. The standard InChI is InChI=1S/C7H8N2O6S/c8-6(11)5-3(2-16(13,14)15)1-4(10)9-7(5)12/h1H,2H2,(H2,8,11)(H2,9,10,12)(H,13,14,15). The summed E-state index contributed by atoms with van der Waals surface area (Å²) in [6, 6.07) is 0.758. The lowest BCUT2D eigenvalue weighted by Crippen LogP contribution is -2.20. The van der Waals surface area contributed by atoms with Crippen molar-refractivity contribution in [1.29, 1.82) is 0 Å². The number of aromatic nitrogens is 1. The van der Waals surface area contributed by atoms with Crippen LogP contribution in [-0.2, 0) is 15.9 Å². The van der Waals surface area contributed by atoms with E-state index >= 15 is 0 Å². The predicted octanol–water partition coefficient (Wildman–Crippen LogP) is -1.43. The average Bonchev–Trinajstić information content (AvgIpc) is 1.96. The Labute approximate surface area is 89.5 Å². The monoisotopic (exact) mass is 248 g/mol. The summed E-state index contributed by atoms with van der Waals surface area (Å²) >= 11 is 0. The van der Waals surface area contributed by atoms with E-state index in [1.54, 1.807) is 0 Å². The van der Waals surface area contributed by atoms with Crippen molar-refractivity contribution in [3.63, 3.8) is 0 Å². The van der Waals surface area contributed by atoms with Crippen LogP contribution >= 0.6 is 0 Å². The van der Waals surface area contributed by atoms with Gasteiger partial charge in [-0.3, -0.25) is 19.1 Å². The van der Waals surface area contributed by atoms with Gasteiger partial charge in [0.15, 0.2) is 0 Å². The van der Waals surface area contributed by atoms with Crippen LogP contribution < -0.4 is 11.3 Å². The Kier molecular flexibility index (Phi) is 3.01. The van der Waals surface area contributed by atoms with Gasteiger partial charge in [-0.1, -0.05) is 0 Å². The molecule has 0 saturated heterocycles. The van der Waals surface area contributed by atoms with Gasteiger partial charge < -0.3 is 10.8 Å². The van der Waals surface area contributed by atoms with Gasteiger partial charge >= 0.3 is 0 Å². The first-order valence-electron chi connectivity index (χ1n) is 3.91. The molecule has 0 saturated carbocycles. The molecule has 0 atom stereocenters. The molecule has 1 heterocycles. The molecule has 5 N–H and O–H groups in total. The normalized spacial score (nSPS) is 11.3. The van der Waals surface area contributed by atoms with Gasteiger partial charge in [0, 0.05) is 6.07 Å². The fraction of sp³-hybridized carbons (Fsp3) is 0.143. The van der Waals surface area contributed by atoms with E-state index in [1.165, 1.54) is 0 Å². The number of aromatic hydroxyl groups is 1. The summed E-state index contributed by atoms with van der Waals surface area (Å²) in [5.41, 5.74) is 3.16. The Hall–Kier alpha value is -1.87. The molecule has 0 fully saturated rings. The van der Waals surface area contributed by atoms with E-state index in [-0.39, 0.29) is 5.56 Å². The number of nitrogens with one attached hydrogen (secondary N) is 1. The minimum absolute atomic E-state index is 0.365. The van der Waals surface area contributed by atoms with Gasteiger partial charge in [-0.2, -0.15) is 8.42 Å². The highest BCUT2D eigenvalue weighted by Gasteiger charge is 2.19. The minimum atomic E-state index is -4.44. The molecule has 0 aliphatic heterocycles. The van der Waals surface area contributed by atoms with Crippen molar-refractivity contribution in [2.75, 3.05) is 0 Å². The van der Waals surface area contributed by atoms with Crippen molar-refractivity contribution in [3.8, 4) is 5.88 Å². The third-order valence-corrected chi connectivity index (χ3v) is 2.36. The summed E-state index contributed by atoms with van der Waals surface area (Å²) in [6.07, 6.45) is 0. The predicted molar refractivity (Wildman–Crippen MR) is 52.5 cm³/mol. The van der Waals surface area contributed by atoms with Crippen LogP contribution in [0, 0.1) is 0 Å². The maximum absolute atomic E-state index is 10.9. The molecular weight excluding hydrogens is 240 g/mol. The van der Waals surface area contributed by atoms with Gasteiger partial charge in [-0.25, -0.2) is 0 Å². The molecule has 0 unspecified atom stereocenters. The maximum Gasteiger partial charge on any atom is 0.269 e. The molecule has 88 valence electrons. The fourth-order valence-electron chi connectivity index (χ4n) is 1.18. The zero-order chi connectivity index (χ0) is 12.5. The zero-order valence-corrected chi connectivity index (χ0v) is 8.61. The van der Waals surface area contributed by atoms with E-state index in [2.05, 4.69) is 0 Å². The van der Waals surface area contributed by atoms with Crippen molar-refractivity contribution in [2.45, 2.75) is 5.75 Å². The topological polar surface area (TPSA) is 151 Å². The Morgan fingerprint density at radius 1 is 1.50 bits per heavy atom. The molecule has 16 heavy (non-hydrogen) atoms. The van der Waals surface area contributed by atoms with E-state index < -0.39 is 38.8 Å². The molecule has 1 aromatic rings. The van der Waals surface area contributed by atoms with E-state index in [4.69, 9.17) is 10.3 Å². The van der Waals surface area contributed by atoms with Crippen LogP contribution in [0.25, 0.3) is 0 Å². The molecular formula is C7H8N2O6S. The zero-order valence-electron chi connectivity index (χ0n) is 7.80. The van der Waals surface area contributed by atoms with Crippen LogP contribution in [-0.4, -0.2) is 29.0 Å². The summed E-state index contributed by atoms with van der Waals surface area (Å²) in [7, 11) is -4.44. The molecule has 9 heteroatoms. The average molecular weight is 248 g/mol. The molecule has 8 nitrogen and oxygen atoms in total. The number of pyridine rings is 1. The van der Waals surface area contributed by atoms with Crippen molar-refractivity contribution >= 4 is 16.0 Å². The number of carbonyl (C=O) groups excluding carboxylic acids is 1. The maximum atomic E-state index is 10.9. The van der Waals surface area contributed by atoms with E-state index in [0.717, 1.165) is 6.07 Å². The smallest absolute Gasteiger partial charge is 0.269 e. The van der Waals surface area contributed by atoms with Gasteiger partial charge in [-0.15, -0.1) is 0 Å². The number of aromatic amines is 1. The third kappa shape index (κ3) is 2.81. The van der Waals surface area contributed by atoms with Crippen LogP contribution in [0.3, 0.4) is 0 Å². The highest BCUT2D eigenvalue weighted by molar-refractivity contribution is 7.85. The van der Waals surface area contributed by atoms with E-state index in [1.807, 2.05) is 4.98 Å². The highest BCUT2D eigenvalue weighted by Crippen LogP contribution is 2.17. The molecule has 0 aliphatic rings. The largest absolute Gasteiger partial charge is 0.494 e. The van der Waals surface area contributed by atoms with Crippen LogP contribution in [0.15, 0.2) is 10.9 Å². The van der Waals surface area contributed by atoms with Gasteiger partial charge in [0.1, 0.15) is 11.3 Å². The van der Waals surface area contributed by atoms with E-state index in [0.29, 0.717) is 0 Å². The molecule has 1 aromatic heterocycles. The fourth-order valence-corrected chi connectivity index (χ4v) is 1.80. The van der Waals surface area contributed by atoms with Gasteiger partial charge in [0.2, 0.25) is 5.88 Å². The van der Waals surface area contributed by atoms with Gasteiger partial charge in [0.25, 0.3) is 21.6 Å². The summed E-state index contributed by atoms with van der Waals surface area (Å²) in [6.45, 7) is 0. The third-order valence-electron chi connectivity index (χ3n) is 1.69. The minimum Gasteiger partial charge on any atom is -0.494 e. The van der Waals surface area contributed by atoms with Crippen molar-refractivity contribution < 1.29 is 22.9 Å². The molecule has 0 spiro atoms. The van der Waals surface area contributed by atoms with Gasteiger partial charge in [-0.05, 0) is 5.56 Å². The van der Waals surface area contributed by atoms with E-state index in [9.17, 15) is 23.1 Å². The van der Waals surface area contributed by atoms with Crippen LogP contribution in [0.2, 0.25) is 0 Å². The number of rotatable bonds is 3. The van der Waals surface area contributed by atoms with Crippen molar-refractivity contribution in [1.82, 2.24) is 4.98 Å². The number of hydrogen-bond donors (Lipinski definition) is 4. The molecule has 0 aliphatic carbocycles. The molecule has 0 radical (unpaired) electrons. The number of H-pyrrole nitrogens is 1. The summed E-state index contributed by atoms with van der Waals surface area (Å²) in [4.78, 5) is 23.7. The second-order valence-electron chi connectivity index (χ2n) is 2.97. The second-order valence-corrected chi connectivity index (χ2v) is 4.43. The van der Waals surface area contributed by atoms with Gasteiger partial charge in [0.05, 0.1) is 0 Å². The van der Waals surface area contributed by atoms with Crippen molar-refractivity contribution in [2.24, 2.45) is 5.73 Å². The Balaban J connectivity index is 3.47.